The molecular formula is C14H23Br2FO2. The van der Waals surface area contributed by atoms with Crippen molar-refractivity contribution in [1.29, 1.82) is 0 Å². The van der Waals surface area contributed by atoms with Crippen molar-refractivity contribution >= 4 is 37.8 Å². The first-order chi connectivity index (χ1) is 9.00. The number of hydrogen-bond donors (Lipinski definition) is 0. The molecule has 1 fully saturated rings. The summed E-state index contributed by atoms with van der Waals surface area (Å²) in [4.78, 5) is 11.1. The second kappa shape index (κ2) is 8.60. The van der Waals surface area contributed by atoms with Crippen molar-refractivity contribution in [2.75, 3.05) is 6.61 Å². The molecule has 0 spiro atoms. The predicted molar refractivity (Wildman–Crippen MR) is 82.8 cm³/mol. The number of unbranched alkanes of at least 4 members (excludes halogenated alkanes) is 2. The largest absolute Gasteiger partial charge is 0.466 e. The molecule has 0 heterocycles. The third-order valence-corrected chi connectivity index (χ3v) is 6.14. The van der Waals surface area contributed by atoms with Gasteiger partial charge in [-0.25, -0.2) is 4.39 Å². The number of carbonyl (C=O) groups is 1. The molecule has 2 atom stereocenters. The van der Waals surface area contributed by atoms with Gasteiger partial charge in [0.25, 0.3) is 0 Å². The standard InChI is InChI=1S/C14H23Br2FO2/c1-2-19-13(18)9-4-3-5-10-14(17)11(15)7-6-8-12(14)16/h11-12H,2-10H2,1H3. The van der Waals surface area contributed by atoms with Crippen LogP contribution in [0.25, 0.3) is 0 Å². The molecular weight excluding hydrogens is 379 g/mol. The molecule has 0 aromatic carbocycles. The molecule has 2 unspecified atom stereocenters. The van der Waals surface area contributed by atoms with Crippen LogP contribution in [0, 0.1) is 0 Å². The highest BCUT2D eigenvalue weighted by atomic mass is 79.9. The van der Waals surface area contributed by atoms with Gasteiger partial charge in [0.1, 0.15) is 5.67 Å². The number of ether oxygens (including phenoxy) is 1. The summed E-state index contributed by atoms with van der Waals surface area (Å²) in [5.74, 6) is -0.146. The quantitative estimate of drug-likeness (QED) is 0.343. The highest BCUT2D eigenvalue weighted by molar-refractivity contribution is 9.10. The van der Waals surface area contributed by atoms with Crippen molar-refractivity contribution in [1.82, 2.24) is 0 Å². The fourth-order valence-electron chi connectivity index (χ4n) is 2.54. The van der Waals surface area contributed by atoms with Gasteiger partial charge in [-0.3, -0.25) is 4.79 Å². The van der Waals surface area contributed by atoms with E-state index in [2.05, 4.69) is 31.9 Å². The molecule has 0 aliphatic heterocycles. The Balaban J connectivity index is 2.22. The van der Waals surface area contributed by atoms with Gasteiger partial charge in [0.05, 0.1) is 6.61 Å². The zero-order chi connectivity index (χ0) is 14.3. The van der Waals surface area contributed by atoms with Gasteiger partial charge in [0.2, 0.25) is 0 Å². The highest BCUT2D eigenvalue weighted by Crippen LogP contribution is 2.44. The van der Waals surface area contributed by atoms with Crippen LogP contribution in [0.15, 0.2) is 0 Å². The first-order valence-electron chi connectivity index (χ1n) is 7.13. The van der Waals surface area contributed by atoms with Gasteiger partial charge in [-0.15, -0.1) is 0 Å². The van der Waals surface area contributed by atoms with Crippen LogP contribution in [0.2, 0.25) is 0 Å². The second-order valence-electron chi connectivity index (χ2n) is 5.16. The lowest BCUT2D eigenvalue weighted by Gasteiger charge is -2.38. The minimum absolute atomic E-state index is 0.0526. The molecule has 0 radical (unpaired) electrons. The SMILES string of the molecule is CCOC(=O)CCCCCC1(F)C(Br)CCCC1Br. The first kappa shape index (κ1) is 17.4. The van der Waals surface area contributed by atoms with Crippen LogP contribution >= 0.6 is 31.9 Å². The average molecular weight is 402 g/mol. The van der Waals surface area contributed by atoms with Gasteiger partial charge in [0.15, 0.2) is 0 Å². The van der Waals surface area contributed by atoms with E-state index in [1.54, 1.807) is 6.92 Å². The summed E-state index contributed by atoms with van der Waals surface area (Å²) in [5.41, 5.74) is -1.15. The van der Waals surface area contributed by atoms with E-state index in [9.17, 15) is 9.18 Å². The van der Waals surface area contributed by atoms with Crippen LogP contribution in [-0.4, -0.2) is 27.9 Å². The zero-order valence-corrected chi connectivity index (χ0v) is 14.6. The zero-order valence-electron chi connectivity index (χ0n) is 11.5. The fraction of sp³-hybridized carbons (Fsp3) is 0.929. The first-order valence-corrected chi connectivity index (χ1v) is 8.96. The molecule has 1 aliphatic rings. The van der Waals surface area contributed by atoms with E-state index in [4.69, 9.17) is 4.74 Å². The van der Waals surface area contributed by atoms with E-state index in [0.717, 1.165) is 38.5 Å². The predicted octanol–water partition coefficient (Wildman–Crippen LogP) is 4.92. The normalized spacial score (nSPS) is 31.2. The Kier molecular flexibility index (Phi) is 7.88. The van der Waals surface area contributed by atoms with Crippen LogP contribution in [0.4, 0.5) is 4.39 Å². The number of halogens is 3. The Labute approximate surface area is 132 Å². The summed E-state index contributed by atoms with van der Waals surface area (Å²) in [6.07, 6.45) is 6.37. The van der Waals surface area contributed by atoms with E-state index in [-0.39, 0.29) is 15.6 Å². The highest BCUT2D eigenvalue weighted by Gasteiger charge is 2.45. The van der Waals surface area contributed by atoms with Gasteiger partial charge in [-0.2, -0.15) is 0 Å². The van der Waals surface area contributed by atoms with E-state index < -0.39 is 5.67 Å². The molecule has 5 heteroatoms. The van der Waals surface area contributed by atoms with Gasteiger partial charge in [-0.1, -0.05) is 51.1 Å². The minimum Gasteiger partial charge on any atom is -0.466 e. The Morgan fingerprint density at radius 2 is 1.89 bits per heavy atom. The summed E-state index contributed by atoms with van der Waals surface area (Å²) in [7, 11) is 0. The van der Waals surface area contributed by atoms with Crippen LogP contribution < -0.4 is 0 Å². The maximum absolute atomic E-state index is 14.9. The molecule has 0 bridgehead atoms. The smallest absolute Gasteiger partial charge is 0.305 e. The molecule has 1 rings (SSSR count). The fourth-order valence-corrected chi connectivity index (χ4v) is 4.64. The molecule has 0 amide bonds. The Morgan fingerprint density at radius 1 is 1.26 bits per heavy atom. The van der Waals surface area contributed by atoms with Gasteiger partial charge in [0, 0.05) is 16.1 Å². The molecule has 112 valence electrons. The molecule has 0 aromatic rings. The van der Waals surface area contributed by atoms with Gasteiger partial charge < -0.3 is 4.74 Å². The Morgan fingerprint density at radius 3 is 2.47 bits per heavy atom. The van der Waals surface area contributed by atoms with Crippen molar-refractivity contribution in [3.8, 4) is 0 Å². The van der Waals surface area contributed by atoms with Crippen molar-refractivity contribution in [3.05, 3.63) is 0 Å². The number of carbonyl (C=O) groups excluding carboxylic acids is 1. The number of rotatable bonds is 7. The monoisotopic (exact) mass is 400 g/mol. The van der Waals surface area contributed by atoms with Crippen LogP contribution in [0.5, 0.6) is 0 Å². The van der Waals surface area contributed by atoms with Gasteiger partial charge >= 0.3 is 5.97 Å². The summed E-state index contributed by atoms with van der Waals surface area (Å²) < 4.78 is 19.7. The molecule has 1 saturated carbocycles. The molecule has 0 aromatic heterocycles. The molecule has 1 aliphatic carbocycles. The Hall–Kier alpha value is 0.360. The molecule has 19 heavy (non-hydrogen) atoms. The maximum Gasteiger partial charge on any atom is 0.305 e. The maximum atomic E-state index is 14.9. The van der Waals surface area contributed by atoms with E-state index in [1.165, 1.54) is 0 Å². The van der Waals surface area contributed by atoms with Crippen molar-refractivity contribution in [2.24, 2.45) is 0 Å². The van der Waals surface area contributed by atoms with Gasteiger partial charge in [-0.05, 0) is 32.6 Å². The Bertz CT molecular complexity index is 277. The molecule has 0 N–H and O–H groups in total. The number of esters is 1. The topological polar surface area (TPSA) is 26.3 Å². The summed E-state index contributed by atoms with van der Waals surface area (Å²) in [5, 5.41) is 0. The average Bonchev–Trinajstić information content (AvgIpc) is 2.36. The van der Waals surface area contributed by atoms with Crippen LogP contribution in [0.3, 0.4) is 0 Å². The van der Waals surface area contributed by atoms with E-state index >= 15 is 0 Å². The molecule has 2 nitrogen and oxygen atoms in total. The second-order valence-corrected chi connectivity index (χ2v) is 7.37. The van der Waals surface area contributed by atoms with Crippen molar-refractivity contribution in [2.45, 2.75) is 73.6 Å². The summed E-state index contributed by atoms with van der Waals surface area (Å²) >= 11 is 6.97. The third-order valence-electron chi connectivity index (χ3n) is 3.70. The lowest BCUT2D eigenvalue weighted by Crippen LogP contribution is -2.45. The third kappa shape index (κ3) is 5.33. The lowest BCUT2D eigenvalue weighted by atomic mass is 9.82. The summed E-state index contributed by atoms with van der Waals surface area (Å²) in [6, 6.07) is 0. The number of alkyl halides is 3. The van der Waals surface area contributed by atoms with Crippen molar-refractivity contribution < 1.29 is 13.9 Å². The minimum atomic E-state index is -1.15. The van der Waals surface area contributed by atoms with Crippen LogP contribution in [-0.2, 0) is 9.53 Å². The lowest BCUT2D eigenvalue weighted by molar-refractivity contribution is -0.143. The van der Waals surface area contributed by atoms with Crippen LogP contribution in [0.1, 0.15) is 58.3 Å². The summed E-state index contributed by atoms with van der Waals surface area (Å²) in [6.45, 7) is 2.24. The van der Waals surface area contributed by atoms with E-state index in [1.807, 2.05) is 0 Å². The van der Waals surface area contributed by atoms with Crippen molar-refractivity contribution in [3.63, 3.8) is 0 Å². The van der Waals surface area contributed by atoms with E-state index in [0.29, 0.717) is 19.4 Å². The number of hydrogen-bond acceptors (Lipinski definition) is 2. The molecule has 0 saturated heterocycles.